The Hall–Kier alpha value is -2.11. The zero-order chi connectivity index (χ0) is 43.0. The molecule has 346 valence electrons. The first-order valence-corrected chi connectivity index (χ1v) is 25.8. The van der Waals surface area contributed by atoms with E-state index in [0.29, 0.717) is 19.3 Å². The molecule has 0 aliphatic carbocycles. The quantitative estimate of drug-likeness (QED) is 0.0263. The zero-order valence-corrected chi connectivity index (χ0v) is 39.5. The summed E-state index contributed by atoms with van der Waals surface area (Å²) in [5, 5.41) is 0. The Morgan fingerprint density at radius 1 is 0.322 bits per heavy atom. The maximum absolute atomic E-state index is 12.7. The highest BCUT2D eigenvalue weighted by atomic mass is 16.6. The van der Waals surface area contributed by atoms with Gasteiger partial charge in [0.2, 0.25) is 0 Å². The van der Waals surface area contributed by atoms with Crippen molar-refractivity contribution in [3.05, 3.63) is 24.3 Å². The zero-order valence-electron chi connectivity index (χ0n) is 39.5. The van der Waals surface area contributed by atoms with E-state index in [1.807, 2.05) is 0 Å². The molecular weight excluding hydrogens is 733 g/mol. The van der Waals surface area contributed by atoms with Gasteiger partial charge in [-0.15, -0.1) is 0 Å². The van der Waals surface area contributed by atoms with Gasteiger partial charge in [0.15, 0.2) is 6.10 Å². The van der Waals surface area contributed by atoms with Gasteiger partial charge in [-0.1, -0.05) is 225 Å². The number of carbonyl (C=O) groups is 3. The van der Waals surface area contributed by atoms with Crippen LogP contribution >= 0.6 is 0 Å². The smallest absolute Gasteiger partial charge is 0.306 e. The molecule has 6 heteroatoms. The first-order chi connectivity index (χ1) is 29.0. The van der Waals surface area contributed by atoms with Crippen LogP contribution in [-0.4, -0.2) is 37.2 Å². The number of ether oxygens (including phenoxy) is 3. The normalized spacial score (nSPS) is 12.1. The number of allylic oxidation sites excluding steroid dienone is 4. The first kappa shape index (κ1) is 56.9. The maximum Gasteiger partial charge on any atom is 0.306 e. The minimum absolute atomic E-state index is 0.0740. The van der Waals surface area contributed by atoms with Crippen LogP contribution in [0.5, 0.6) is 0 Å². The molecule has 0 aromatic carbocycles. The van der Waals surface area contributed by atoms with Crippen LogP contribution in [0, 0.1) is 0 Å². The summed E-state index contributed by atoms with van der Waals surface area (Å²) in [5.74, 6) is -0.886. The predicted molar refractivity (Wildman–Crippen MR) is 252 cm³/mol. The molecule has 59 heavy (non-hydrogen) atoms. The second kappa shape index (κ2) is 48.6. The molecule has 6 nitrogen and oxygen atoms in total. The van der Waals surface area contributed by atoms with E-state index in [1.165, 1.54) is 148 Å². The lowest BCUT2D eigenvalue weighted by Crippen LogP contribution is -2.30. The van der Waals surface area contributed by atoms with Gasteiger partial charge in [-0.25, -0.2) is 0 Å². The molecule has 0 heterocycles. The van der Waals surface area contributed by atoms with Gasteiger partial charge in [-0.05, 0) is 57.8 Å². The number of unbranched alkanes of at least 4 members (excludes halogenated alkanes) is 32. The summed E-state index contributed by atoms with van der Waals surface area (Å²) in [6.07, 6.45) is 54.7. The standard InChI is InChI=1S/C53H98O6/c1-4-7-10-13-16-19-22-23-24-25-26-27-28-29-30-31-32-35-37-40-43-46-52(55)58-49-50(59-53(56)47-44-41-38-34-21-18-15-12-9-6-3)48-57-51(54)45-42-39-36-33-20-17-14-11-8-5-2/h11-12,14-15,50H,4-10,13,16-49H2,1-3H3/b14-11-,15-12-. The number of esters is 3. The first-order valence-electron chi connectivity index (χ1n) is 25.8. The van der Waals surface area contributed by atoms with E-state index in [4.69, 9.17) is 14.2 Å². The van der Waals surface area contributed by atoms with Crippen molar-refractivity contribution in [2.24, 2.45) is 0 Å². The lowest BCUT2D eigenvalue weighted by atomic mass is 10.0. The number of hydrogen-bond donors (Lipinski definition) is 0. The molecule has 0 rings (SSSR count). The van der Waals surface area contributed by atoms with Gasteiger partial charge in [0.05, 0.1) is 0 Å². The minimum Gasteiger partial charge on any atom is -0.462 e. The van der Waals surface area contributed by atoms with Crippen LogP contribution in [0.2, 0.25) is 0 Å². The van der Waals surface area contributed by atoms with E-state index < -0.39 is 6.10 Å². The van der Waals surface area contributed by atoms with Crippen molar-refractivity contribution >= 4 is 17.9 Å². The highest BCUT2D eigenvalue weighted by Gasteiger charge is 2.19. The van der Waals surface area contributed by atoms with Crippen LogP contribution in [0.4, 0.5) is 0 Å². The molecule has 0 spiro atoms. The van der Waals surface area contributed by atoms with Gasteiger partial charge in [0.25, 0.3) is 0 Å². The second-order valence-electron chi connectivity index (χ2n) is 17.4. The van der Waals surface area contributed by atoms with Crippen LogP contribution in [0.1, 0.15) is 278 Å². The van der Waals surface area contributed by atoms with Crippen molar-refractivity contribution in [1.82, 2.24) is 0 Å². The molecule has 0 fully saturated rings. The van der Waals surface area contributed by atoms with E-state index in [0.717, 1.165) is 89.9 Å². The fourth-order valence-electron chi connectivity index (χ4n) is 7.51. The highest BCUT2D eigenvalue weighted by molar-refractivity contribution is 5.71. The Morgan fingerprint density at radius 2 is 0.593 bits per heavy atom. The molecule has 1 atom stereocenters. The van der Waals surface area contributed by atoms with Crippen molar-refractivity contribution in [1.29, 1.82) is 0 Å². The Kier molecular flexibility index (Phi) is 46.8. The summed E-state index contributed by atoms with van der Waals surface area (Å²) in [6.45, 7) is 6.53. The molecule has 0 saturated carbocycles. The van der Waals surface area contributed by atoms with Crippen molar-refractivity contribution in [3.8, 4) is 0 Å². The molecule has 0 aromatic heterocycles. The van der Waals surface area contributed by atoms with Gasteiger partial charge in [-0.2, -0.15) is 0 Å². The number of hydrogen-bond acceptors (Lipinski definition) is 6. The van der Waals surface area contributed by atoms with Crippen molar-refractivity contribution < 1.29 is 28.6 Å². The topological polar surface area (TPSA) is 78.9 Å². The third kappa shape index (κ3) is 46.8. The van der Waals surface area contributed by atoms with Crippen molar-refractivity contribution in [2.75, 3.05) is 13.2 Å². The van der Waals surface area contributed by atoms with Crippen LogP contribution in [0.15, 0.2) is 24.3 Å². The van der Waals surface area contributed by atoms with Gasteiger partial charge >= 0.3 is 17.9 Å². The Bertz CT molecular complexity index is 958. The number of rotatable bonds is 47. The van der Waals surface area contributed by atoms with E-state index >= 15 is 0 Å². The average Bonchev–Trinajstić information content (AvgIpc) is 3.23. The van der Waals surface area contributed by atoms with Crippen LogP contribution in [-0.2, 0) is 28.6 Å². The Labute approximate surface area is 366 Å². The summed E-state index contributed by atoms with van der Waals surface area (Å²) in [4.78, 5) is 37.8. The summed E-state index contributed by atoms with van der Waals surface area (Å²) in [6, 6.07) is 0. The van der Waals surface area contributed by atoms with Gasteiger partial charge < -0.3 is 14.2 Å². The average molecular weight is 831 g/mol. The van der Waals surface area contributed by atoms with Crippen LogP contribution in [0.25, 0.3) is 0 Å². The molecular formula is C53H98O6. The monoisotopic (exact) mass is 831 g/mol. The fraction of sp³-hybridized carbons (Fsp3) is 0.868. The van der Waals surface area contributed by atoms with Gasteiger partial charge in [-0.3, -0.25) is 14.4 Å². The van der Waals surface area contributed by atoms with Crippen LogP contribution in [0.3, 0.4) is 0 Å². The Balaban J connectivity index is 4.18. The molecule has 0 N–H and O–H groups in total. The summed E-state index contributed by atoms with van der Waals surface area (Å²) < 4.78 is 16.7. The lowest BCUT2D eigenvalue weighted by molar-refractivity contribution is -0.167. The van der Waals surface area contributed by atoms with Gasteiger partial charge in [0, 0.05) is 19.3 Å². The molecule has 0 saturated heterocycles. The highest BCUT2D eigenvalue weighted by Crippen LogP contribution is 2.16. The van der Waals surface area contributed by atoms with E-state index in [9.17, 15) is 14.4 Å². The van der Waals surface area contributed by atoms with Crippen molar-refractivity contribution in [2.45, 2.75) is 284 Å². The van der Waals surface area contributed by atoms with E-state index in [2.05, 4.69) is 45.1 Å². The SMILES string of the molecule is CCC/C=C\CCCCCCCC(=O)OCC(COC(=O)CCCCCCCCCCCCCCCCCCCCCCC)OC(=O)CCCCCCC/C=C\CCC. The van der Waals surface area contributed by atoms with E-state index in [1.54, 1.807) is 0 Å². The lowest BCUT2D eigenvalue weighted by Gasteiger charge is -2.18. The largest absolute Gasteiger partial charge is 0.462 e. The maximum atomic E-state index is 12.7. The molecule has 0 bridgehead atoms. The van der Waals surface area contributed by atoms with Gasteiger partial charge in [0.1, 0.15) is 13.2 Å². The Morgan fingerprint density at radius 3 is 0.915 bits per heavy atom. The predicted octanol–water partition coefficient (Wildman–Crippen LogP) is 16.8. The third-order valence-electron chi connectivity index (χ3n) is 11.4. The second-order valence-corrected chi connectivity index (χ2v) is 17.4. The molecule has 1 unspecified atom stereocenters. The molecule has 0 aromatic rings. The molecule has 0 aliphatic heterocycles. The fourth-order valence-corrected chi connectivity index (χ4v) is 7.51. The number of carbonyl (C=O) groups excluding carboxylic acids is 3. The molecule has 0 radical (unpaired) electrons. The molecule has 0 aliphatic rings. The van der Waals surface area contributed by atoms with Crippen LogP contribution < -0.4 is 0 Å². The minimum atomic E-state index is -0.772. The molecule has 0 amide bonds. The van der Waals surface area contributed by atoms with E-state index in [-0.39, 0.29) is 31.1 Å². The van der Waals surface area contributed by atoms with Crippen molar-refractivity contribution in [3.63, 3.8) is 0 Å². The summed E-state index contributed by atoms with van der Waals surface area (Å²) >= 11 is 0. The summed E-state index contributed by atoms with van der Waals surface area (Å²) in [7, 11) is 0. The third-order valence-corrected chi connectivity index (χ3v) is 11.4. The summed E-state index contributed by atoms with van der Waals surface area (Å²) in [5.41, 5.74) is 0.